The number of carbonyl (C=O) groups excluding carboxylic acids is 2. The van der Waals surface area contributed by atoms with Crippen molar-refractivity contribution in [3.05, 3.63) is 106 Å². The molecule has 12 heteroatoms. The molecule has 0 aliphatic heterocycles. The lowest BCUT2D eigenvalue weighted by molar-refractivity contribution is -0.128. The van der Waals surface area contributed by atoms with E-state index in [2.05, 4.69) is 49.5 Å². The highest BCUT2D eigenvalue weighted by Gasteiger charge is 2.43. The molecule has 56 heavy (non-hydrogen) atoms. The number of methoxy groups -OCH3 is 1. The lowest BCUT2D eigenvalue weighted by Gasteiger charge is -2.42. The first kappa shape index (κ1) is 43.0. The largest absolute Gasteiger partial charge is 0.481 e. The number of fused-ring (bicyclic) bond motifs is 1. The van der Waals surface area contributed by atoms with Gasteiger partial charge in [0.25, 0.3) is 0 Å². The number of nitrogens with zero attached hydrogens (tertiary/aromatic N) is 1. The summed E-state index contributed by atoms with van der Waals surface area (Å²) >= 11 is 1.62. The van der Waals surface area contributed by atoms with Crippen molar-refractivity contribution in [3.8, 4) is 17.0 Å². The van der Waals surface area contributed by atoms with Crippen LogP contribution in [-0.4, -0.2) is 61.4 Å². The monoisotopic (exact) mass is 803 g/mol. The van der Waals surface area contributed by atoms with Crippen LogP contribution in [0.1, 0.15) is 82.0 Å². The molecule has 0 fully saturated rings. The van der Waals surface area contributed by atoms with Gasteiger partial charge < -0.3 is 29.6 Å². The molecule has 9 nitrogen and oxygen atoms in total. The SMILES string of the molecule is COc1ccc(-c2ccc(C[C@H](NC(=O)OC(C)(C)C)[C@H](C[C@@H](Cc3ccccc3F)C(=O)N[C@H]3c4ccsc4CC[C@H]3O)O[Si](C)(C)C(C)(C)C)cc2)cn1. The predicted octanol–water partition coefficient (Wildman–Crippen LogP) is 9.20. The summed E-state index contributed by atoms with van der Waals surface area (Å²) in [5, 5.41) is 19.2. The number of rotatable bonds is 14. The van der Waals surface area contributed by atoms with Gasteiger partial charge in [0.05, 0.1) is 31.4 Å². The molecule has 0 unspecified atom stereocenters. The Bertz CT molecular complexity index is 1920. The van der Waals surface area contributed by atoms with Crippen LogP contribution in [0.15, 0.2) is 78.3 Å². The Labute approximate surface area is 336 Å². The Hall–Kier alpha value is -4.10. The smallest absolute Gasteiger partial charge is 0.407 e. The third kappa shape index (κ3) is 11.3. The molecule has 5 atom stereocenters. The number of nitrogens with one attached hydrogen (secondary N) is 2. The molecule has 1 aliphatic rings. The lowest BCUT2D eigenvalue weighted by atomic mass is 9.86. The number of carbonyl (C=O) groups is 2. The van der Waals surface area contributed by atoms with Crippen molar-refractivity contribution in [2.75, 3.05) is 7.11 Å². The zero-order chi connectivity index (χ0) is 40.8. The summed E-state index contributed by atoms with van der Waals surface area (Å²) in [6.07, 6.45) is 1.64. The number of hydrogen-bond acceptors (Lipinski definition) is 8. The van der Waals surface area contributed by atoms with Gasteiger partial charge in [0.2, 0.25) is 11.8 Å². The van der Waals surface area contributed by atoms with E-state index in [1.54, 1.807) is 42.8 Å². The fourth-order valence-electron chi connectivity index (χ4n) is 6.76. The van der Waals surface area contributed by atoms with Crippen molar-refractivity contribution in [1.29, 1.82) is 0 Å². The van der Waals surface area contributed by atoms with Crippen LogP contribution in [0.2, 0.25) is 18.1 Å². The fraction of sp³-hybridized carbons (Fsp3) is 0.477. The van der Waals surface area contributed by atoms with Crippen LogP contribution in [0.5, 0.6) is 5.88 Å². The van der Waals surface area contributed by atoms with Gasteiger partial charge >= 0.3 is 6.09 Å². The van der Waals surface area contributed by atoms with Crippen molar-refractivity contribution in [3.63, 3.8) is 0 Å². The number of benzene rings is 2. The van der Waals surface area contributed by atoms with E-state index in [4.69, 9.17) is 13.9 Å². The molecule has 2 heterocycles. The molecule has 302 valence electrons. The van der Waals surface area contributed by atoms with E-state index in [1.807, 2.05) is 68.6 Å². The number of aromatic nitrogens is 1. The van der Waals surface area contributed by atoms with E-state index in [0.29, 0.717) is 24.3 Å². The first-order chi connectivity index (χ1) is 26.3. The van der Waals surface area contributed by atoms with Crippen molar-refractivity contribution in [2.24, 2.45) is 5.92 Å². The molecule has 2 aromatic carbocycles. The molecule has 0 bridgehead atoms. The number of ether oxygens (including phenoxy) is 2. The molecular formula is C44H58FN3O6SSi. The van der Waals surface area contributed by atoms with E-state index in [9.17, 15) is 14.7 Å². The van der Waals surface area contributed by atoms with E-state index in [1.165, 1.54) is 6.07 Å². The molecule has 2 amide bonds. The molecular weight excluding hydrogens is 746 g/mol. The highest BCUT2D eigenvalue weighted by atomic mass is 32.1. The van der Waals surface area contributed by atoms with Gasteiger partial charge in [-0.25, -0.2) is 14.2 Å². The highest BCUT2D eigenvalue weighted by molar-refractivity contribution is 7.10. The van der Waals surface area contributed by atoms with Crippen LogP contribution in [-0.2, 0) is 33.2 Å². The Balaban J connectivity index is 1.53. The van der Waals surface area contributed by atoms with Gasteiger partial charge in [-0.1, -0.05) is 63.2 Å². The normalized spacial score (nSPS) is 17.6. The standard InChI is InChI=1S/C44H58FN3O6SSi/c1-43(2,3)53-42(51)47-35(24-28-14-16-29(17-15-28)31-18-21-39(52-7)46-27-31)37(54-56(8,9)44(4,5)6)26-32(25-30-12-10-11-13-34(30)45)41(50)48-40-33-22-23-55-38(33)20-19-36(40)49/h10-18,21-23,27,32,35-37,40,49H,19-20,24-26H2,1-9H3,(H,47,51)(H,48,50)/t32-,35+,36-,37+,40+/m1/s1. The van der Waals surface area contributed by atoms with Crippen LogP contribution in [0, 0.1) is 11.7 Å². The molecule has 0 radical (unpaired) electrons. The van der Waals surface area contributed by atoms with Gasteiger partial charge in [-0.3, -0.25) is 4.79 Å². The number of hydrogen-bond donors (Lipinski definition) is 3. The minimum Gasteiger partial charge on any atom is -0.481 e. The lowest BCUT2D eigenvalue weighted by Crippen LogP contribution is -2.54. The number of alkyl carbamates (subject to hydrolysis) is 1. The summed E-state index contributed by atoms with van der Waals surface area (Å²) in [5.74, 6) is -0.956. The highest BCUT2D eigenvalue weighted by Crippen LogP contribution is 2.40. The molecule has 1 aliphatic carbocycles. The molecule has 5 rings (SSSR count). The van der Waals surface area contributed by atoms with Crippen molar-refractivity contribution < 1.29 is 33.0 Å². The Morgan fingerprint density at radius 1 is 0.982 bits per heavy atom. The summed E-state index contributed by atoms with van der Waals surface area (Å²) in [4.78, 5) is 33.7. The van der Waals surface area contributed by atoms with Gasteiger partial charge in [-0.2, -0.15) is 0 Å². The average Bonchev–Trinajstić information content (AvgIpc) is 3.61. The summed E-state index contributed by atoms with van der Waals surface area (Å²) in [6.45, 7) is 16.2. The number of aryl methyl sites for hydroxylation is 1. The second-order valence-corrected chi connectivity index (χ2v) is 23.0. The number of aliphatic hydroxyl groups is 1. The summed E-state index contributed by atoms with van der Waals surface area (Å²) in [6, 6.07) is 19.0. The van der Waals surface area contributed by atoms with Crippen LogP contribution >= 0.6 is 11.3 Å². The Morgan fingerprint density at radius 2 is 1.68 bits per heavy atom. The second kappa shape index (κ2) is 18.0. The number of thiophene rings is 1. The van der Waals surface area contributed by atoms with E-state index in [-0.39, 0.29) is 23.8 Å². The zero-order valence-electron chi connectivity index (χ0n) is 34.1. The number of amides is 2. The third-order valence-corrected chi connectivity index (χ3v) is 16.4. The van der Waals surface area contributed by atoms with Crippen LogP contribution in [0.4, 0.5) is 9.18 Å². The minimum atomic E-state index is -2.56. The number of halogens is 1. The van der Waals surface area contributed by atoms with Crippen LogP contribution < -0.4 is 15.4 Å². The second-order valence-electron chi connectivity index (χ2n) is 17.3. The first-order valence-electron chi connectivity index (χ1n) is 19.4. The van der Waals surface area contributed by atoms with Gasteiger partial charge in [-0.15, -0.1) is 11.3 Å². The molecule has 0 saturated heterocycles. The zero-order valence-corrected chi connectivity index (χ0v) is 36.0. The molecule has 2 aromatic heterocycles. The summed E-state index contributed by atoms with van der Waals surface area (Å²) in [5.41, 5.74) is 3.39. The molecule has 3 N–H and O–H groups in total. The van der Waals surface area contributed by atoms with E-state index < -0.39 is 56.0 Å². The van der Waals surface area contributed by atoms with Crippen LogP contribution in [0.25, 0.3) is 11.1 Å². The quantitative estimate of drug-likeness (QED) is 0.109. The molecule has 4 aromatic rings. The third-order valence-electron chi connectivity index (χ3n) is 10.9. The Kier molecular flexibility index (Phi) is 13.8. The van der Waals surface area contributed by atoms with Gasteiger partial charge in [0.1, 0.15) is 11.4 Å². The topological polar surface area (TPSA) is 119 Å². The van der Waals surface area contributed by atoms with Crippen molar-refractivity contribution in [2.45, 2.75) is 122 Å². The molecule has 0 spiro atoms. The van der Waals surface area contributed by atoms with Crippen molar-refractivity contribution >= 4 is 31.7 Å². The molecule has 0 saturated carbocycles. The average molecular weight is 804 g/mol. The fourth-order valence-corrected chi connectivity index (χ4v) is 9.08. The van der Waals surface area contributed by atoms with Gasteiger partial charge in [-0.05, 0) is 117 Å². The van der Waals surface area contributed by atoms with Crippen LogP contribution in [0.3, 0.4) is 0 Å². The predicted molar refractivity (Wildman–Crippen MR) is 223 cm³/mol. The number of aliphatic hydroxyl groups excluding tert-OH is 1. The number of pyridine rings is 1. The van der Waals surface area contributed by atoms with E-state index >= 15 is 4.39 Å². The summed E-state index contributed by atoms with van der Waals surface area (Å²) in [7, 11) is -0.978. The maximum Gasteiger partial charge on any atom is 0.407 e. The van der Waals surface area contributed by atoms with E-state index in [0.717, 1.165) is 33.6 Å². The minimum absolute atomic E-state index is 0.0962. The first-order valence-corrected chi connectivity index (χ1v) is 23.2. The van der Waals surface area contributed by atoms with Gasteiger partial charge in [0.15, 0.2) is 8.32 Å². The Morgan fingerprint density at radius 3 is 2.30 bits per heavy atom. The maximum atomic E-state index is 15.3. The van der Waals surface area contributed by atoms with Gasteiger partial charge in [0, 0.05) is 28.6 Å². The maximum absolute atomic E-state index is 15.3. The van der Waals surface area contributed by atoms with Crippen molar-refractivity contribution in [1.82, 2.24) is 15.6 Å². The summed E-state index contributed by atoms with van der Waals surface area (Å²) < 4.78 is 33.6.